The highest BCUT2D eigenvalue weighted by atomic mass is 35.5. The monoisotopic (exact) mass is 379 g/mol. The molecule has 0 spiro atoms. The Hall–Kier alpha value is -1.94. The van der Waals surface area contributed by atoms with Crippen LogP contribution in [0.25, 0.3) is 0 Å². The van der Waals surface area contributed by atoms with Crippen LogP contribution in [-0.2, 0) is 14.6 Å². The first-order chi connectivity index (χ1) is 11.9. The molecule has 0 unspecified atom stereocenters. The lowest BCUT2D eigenvalue weighted by atomic mass is 10.0. The molecule has 2 aromatic carbocycles. The molecule has 1 aliphatic rings. The Kier molecular flexibility index (Phi) is 4.58. The second kappa shape index (κ2) is 6.41. The Morgan fingerprint density at radius 2 is 1.96 bits per heavy atom. The SMILES string of the molecule is COC[C@]1(C#N)[C@@H](c2cccc(F)c2)[C@@H]1S(=O)(=O)c1ccc(Cl)cc1. The van der Waals surface area contributed by atoms with E-state index in [0.717, 1.165) is 0 Å². The van der Waals surface area contributed by atoms with Crippen LogP contribution in [0.4, 0.5) is 4.39 Å². The van der Waals surface area contributed by atoms with E-state index in [1.807, 2.05) is 0 Å². The summed E-state index contributed by atoms with van der Waals surface area (Å²) in [4.78, 5) is 0.0801. The van der Waals surface area contributed by atoms with Crippen LogP contribution in [0.3, 0.4) is 0 Å². The molecule has 1 saturated carbocycles. The average molecular weight is 380 g/mol. The molecule has 4 nitrogen and oxygen atoms in total. The minimum atomic E-state index is -3.82. The minimum absolute atomic E-state index is 0.0534. The third-order valence-corrected chi connectivity index (χ3v) is 7.07. The largest absolute Gasteiger partial charge is 0.383 e. The smallest absolute Gasteiger partial charge is 0.183 e. The van der Waals surface area contributed by atoms with Crippen LogP contribution in [-0.4, -0.2) is 27.4 Å². The fraction of sp³-hybridized carbons (Fsp3) is 0.278. The van der Waals surface area contributed by atoms with Crippen molar-refractivity contribution in [2.24, 2.45) is 5.41 Å². The molecule has 1 fully saturated rings. The van der Waals surface area contributed by atoms with Gasteiger partial charge in [-0.2, -0.15) is 5.26 Å². The Bertz CT molecular complexity index is 940. The number of hydrogen-bond donors (Lipinski definition) is 0. The number of halogens is 2. The third kappa shape index (κ3) is 2.93. The molecule has 3 rings (SSSR count). The van der Waals surface area contributed by atoms with Crippen molar-refractivity contribution in [2.45, 2.75) is 16.1 Å². The Morgan fingerprint density at radius 3 is 2.52 bits per heavy atom. The lowest BCUT2D eigenvalue weighted by molar-refractivity contribution is 0.162. The van der Waals surface area contributed by atoms with Gasteiger partial charge >= 0.3 is 0 Å². The Balaban J connectivity index is 2.09. The normalized spacial score (nSPS) is 25.4. The van der Waals surface area contributed by atoms with E-state index in [-0.39, 0.29) is 11.5 Å². The van der Waals surface area contributed by atoms with Crippen LogP contribution in [0.15, 0.2) is 53.4 Å². The third-order valence-electron chi connectivity index (χ3n) is 4.53. The van der Waals surface area contributed by atoms with E-state index < -0.39 is 32.2 Å². The molecule has 7 heteroatoms. The topological polar surface area (TPSA) is 67.2 Å². The van der Waals surface area contributed by atoms with Crippen molar-refractivity contribution in [3.05, 3.63) is 64.9 Å². The number of nitriles is 1. The highest BCUT2D eigenvalue weighted by Gasteiger charge is 2.72. The van der Waals surface area contributed by atoms with Gasteiger partial charge in [0.2, 0.25) is 0 Å². The van der Waals surface area contributed by atoms with Crippen molar-refractivity contribution in [2.75, 3.05) is 13.7 Å². The van der Waals surface area contributed by atoms with Crippen molar-refractivity contribution in [1.82, 2.24) is 0 Å². The fourth-order valence-electron chi connectivity index (χ4n) is 3.38. The Morgan fingerprint density at radius 1 is 1.28 bits per heavy atom. The number of nitrogens with zero attached hydrogens (tertiary/aromatic N) is 1. The molecule has 130 valence electrons. The van der Waals surface area contributed by atoms with Gasteiger partial charge in [0.05, 0.1) is 22.8 Å². The van der Waals surface area contributed by atoms with E-state index in [9.17, 15) is 18.1 Å². The molecular weight excluding hydrogens is 365 g/mol. The molecule has 0 amide bonds. The number of rotatable bonds is 5. The zero-order valence-corrected chi connectivity index (χ0v) is 14.9. The second-order valence-corrected chi connectivity index (χ2v) is 8.54. The van der Waals surface area contributed by atoms with Crippen LogP contribution in [0, 0.1) is 22.6 Å². The molecule has 0 radical (unpaired) electrons. The molecule has 25 heavy (non-hydrogen) atoms. The van der Waals surface area contributed by atoms with Gasteiger partial charge in [-0.1, -0.05) is 23.7 Å². The number of ether oxygens (including phenoxy) is 1. The summed E-state index contributed by atoms with van der Waals surface area (Å²) in [6.07, 6.45) is 0. The summed E-state index contributed by atoms with van der Waals surface area (Å²) in [5.41, 5.74) is -0.776. The zero-order chi connectivity index (χ0) is 18.2. The van der Waals surface area contributed by atoms with E-state index in [1.165, 1.54) is 49.6 Å². The maximum absolute atomic E-state index is 13.6. The predicted molar refractivity (Wildman–Crippen MR) is 91.5 cm³/mol. The van der Waals surface area contributed by atoms with E-state index in [2.05, 4.69) is 6.07 Å². The highest BCUT2D eigenvalue weighted by molar-refractivity contribution is 7.92. The number of methoxy groups -OCH3 is 1. The van der Waals surface area contributed by atoms with Gasteiger partial charge in [-0.25, -0.2) is 12.8 Å². The first-order valence-corrected chi connectivity index (χ1v) is 9.44. The van der Waals surface area contributed by atoms with Gasteiger partial charge in [0.25, 0.3) is 0 Å². The van der Waals surface area contributed by atoms with Crippen LogP contribution < -0.4 is 0 Å². The summed E-state index contributed by atoms with van der Waals surface area (Å²) in [6.45, 7) is -0.0534. The lowest BCUT2D eigenvalue weighted by Crippen LogP contribution is -2.19. The molecule has 3 atom stereocenters. The van der Waals surface area contributed by atoms with Gasteiger partial charge in [-0.15, -0.1) is 0 Å². The molecule has 0 heterocycles. The van der Waals surface area contributed by atoms with E-state index in [4.69, 9.17) is 16.3 Å². The zero-order valence-electron chi connectivity index (χ0n) is 13.3. The van der Waals surface area contributed by atoms with Gasteiger partial charge in [-0.3, -0.25) is 0 Å². The van der Waals surface area contributed by atoms with Crippen LogP contribution in [0.1, 0.15) is 11.5 Å². The summed E-state index contributed by atoms with van der Waals surface area (Å²) < 4.78 is 44.9. The van der Waals surface area contributed by atoms with Crippen molar-refractivity contribution < 1.29 is 17.5 Å². The lowest BCUT2D eigenvalue weighted by Gasteiger charge is -2.08. The average Bonchev–Trinajstić information content (AvgIpc) is 3.26. The van der Waals surface area contributed by atoms with Gasteiger partial charge in [0.1, 0.15) is 11.2 Å². The minimum Gasteiger partial charge on any atom is -0.383 e. The van der Waals surface area contributed by atoms with Crippen molar-refractivity contribution in [1.29, 1.82) is 5.26 Å². The quantitative estimate of drug-likeness (QED) is 0.796. The first kappa shape index (κ1) is 17.9. The summed E-state index contributed by atoms with van der Waals surface area (Å²) in [7, 11) is -2.41. The van der Waals surface area contributed by atoms with Crippen molar-refractivity contribution in [3.8, 4) is 6.07 Å². The molecule has 1 aliphatic carbocycles. The van der Waals surface area contributed by atoms with Gasteiger partial charge in [-0.05, 0) is 42.0 Å². The highest BCUT2D eigenvalue weighted by Crippen LogP contribution is 2.63. The van der Waals surface area contributed by atoms with Crippen LogP contribution >= 0.6 is 11.6 Å². The maximum atomic E-state index is 13.6. The standard InChI is InChI=1S/C18H15ClFNO3S/c1-24-11-18(10-21)16(12-3-2-4-14(20)9-12)17(18)25(22,23)15-7-5-13(19)6-8-15/h2-9,16-17H,11H2,1H3/t16-,17-,18+/m0/s1. The Labute approximate surface area is 150 Å². The molecule has 0 bridgehead atoms. The van der Waals surface area contributed by atoms with Crippen molar-refractivity contribution >= 4 is 21.4 Å². The van der Waals surface area contributed by atoms with E-state index in [0.29, 0.717) is 10.6 Å². The summed E-state index contributed by atoms with van der Waals surface area (Å²) in [5.74, 6) is -1.13. The van der Waals surface area contributed by atoms with E-state index in [1.54, 1.807) is 6.07 Å². The molecular formula is C18H15ClFNO3S. The van der Waals surface area contributed by atoms with Crippen molar-refractivity contribution in [3.63, 3.8) is 0 Å². The van der Waals surface area contributed by atoms with E-state index >= 15 is 0 Å². The van der Waals surface area contributed by atoms with Gasteiger partial charge < -0.3 is 4.74 Å². The summed E-state index contributed by atoms with van der Waals surface area (Å²) in [6, 6.07) is 13.6. The summed E-state index contributed by atoms with van der Waals surface area (Å²) >= 11 is 5.82. The van der Waals surface area contributed by atoms with Crippen LogP contribution in [0.5, 0.6) is 0 Å². The second-order valence-electron chi connectivity index (χ2n) is 6.04. The maximum Gasteiger partial charge on any atom is 0.183 e. The molecule has 0 aromatic heterocycles. The molecule has 0 aliphatic heterocycles. The van der Waals surface area contributed by atoms with Crippen LogP contribution in [0.2, 0.25) is 5.02 Å². The molecule has 0 saturated heterocycles. The predicted octanol–water partition coefficient (Wildman–Crippen LogP) is 3.58. The van der Waals surface area contributed by atoms with Gasteiger partial charge in [0.15, 0.2) is 9.84 Å². The molecule has 2 aromatic rings. The fourth-order valence-corrected chi connectivity index (χ4v) is 5.82. The van der Waals surface area contributed by atoms with Gasteiger partial charge in [0, 0.05) is 18.1 Å². The molecule has 0 N–H and O–H groups in total. The number of hydrogen-bond acceptors (Lipinski definition) is 4. The number of sulfone groups is 1. The first-order valence-electron chi connectivity index (χ1n) is 7.52. The number of benzene rings is 2. The summed E-state index contributed by atoms with van der Waals surface area (Å²) in [5, 5.41) is 9.11.